The Kier molecular flexibility index (Phi) is 7.08. The molecule has 23 heavy (non-hydrogen) atoms. The second-order valence-corrected chi connectivity index (χ2v) is 8.23. The van der Waals surface area contributed by atoms with E-state index in [0.717, 1.165) is 11.0 Å². The number of carbonyl (C=O) groups excluding carboxylic acids is 1. The van der Waals surface area contributed by atoms with Gasteiger partial charge < -0.3 is 15.4 Å². The fourth-order valence-electron chi connectivity index (χ4n) is 1.98. The maximum Gasteiger partial charge on any atom is 0.407 e. The average molecular weight is 385 g/mol. The molecule has 1 amide bonds. The van der Waals surface area contributed by atoms with Crippen molar-refractivity contribution in [2.45, 2.75) is 59.2 Å². The summed E-state index contributed by atoms with van der Waals surface area (Å²) in [5.41, 5.74) is 0.476. The molecule has 0 saturated carbocycles. The number of nitrogens with one attached hydrogen (secondary N) is 2. The summed E-state index contributed by atoms with van der Waals surface area (Å²) in [4.78, 5) is 11.9. The van der Waals surface area contributed by atoms with Gasteiger partial charge >= 0.3 is 6.09 Å². The topological polar surface area (TPSA) is 50.4 Å². The summed E-state index contributed by atoms with van der Waals surface area (Å²) in [6, 6.07) is 8.13. The van der Waals surface area contributed by atoms with Crippen LogP contribution in [0.4, 0.5) is 4.79 Å². The van der Waals surface area contributed by atoms with Crippen LogP contribution in [-0.4, -0.2) is 23.8 Å². The Labute approximate surface area is 148 Å². The molecule has 4 nitrogen and oxygen atoms in total. The lowest BCUT2D eigenvalue weighted by atomic mass is 9.88. The zero-order valence-corrected chi connectivity index (χ0v) is 16.6. The van der Waals surface area contributed by atoms with E-state index in [-0.39, 0.29) is 11.6 Å². The van der Waals surface area contributed by atoms with Crippen LogP contribution >= 0.6 is 15.9 Å². The Morgan fingerprint density at radius 2 is 1.83 bits per heavy atom. The standard InChI is InChI=1S/C18H29BrN2O2/c1-13(2)18(6,12-20-16(22)23-17(3,4)5)21-11-14-9-7-8-10-15(14)19/h7-10,13,21H,11-12H2,1-6H3,(H,20,22). The minimum absolute atomic E-state index is 0.230. The SMILES string of the molecule is CC(C)C(C)(CNC(=O)OC(C)(C)C)NCc1ccccc1Br. The van der Waals surface area contributed by atoms with Gasteiger partial charge in [-0.1, -0.05) is 48.0 Å². The van der Waals surface area contributed by atoms with E-state index in [4.69, 9.17) is 4.74 Å². The molecule has 2 N–H and O–H groups in total. The molecule has 1 aromatic carbocycles. The van der Waals surface area contributed by atoms with Crippen molar-refractivity contribution in [3.05, 3.63) is 34.3 Å². The van der Waals surface area contributed by atoms with Crippen LogP contribution in [0.2, 0.25) is 0 Å². The molecule has 0 saturated heterocycles. The molecule has 0 aliphatic carbocycles. The van der Waals surface area contributed by atoms with Crippen LogP contribution in [0.5, 0.6) is 0 Å². The second-order valence-electron chi connectivity index (χ2n) is 7.37. The highest BCUT2D eigenvalue weighted by molar-refractivity contribution is 9.10. The van der Waals surface area contributed by atoms with E-state index in [1.807, 2.05) is 39.0 Å². The van der Waals surface area contributed by atoms with Crippen molar-refractivity contribution in [2.75, 3.05) is 6.54 Å². The van der Waals surface area contributed by atoms with Gasteiger partial charge in [0.25, 0.3) is 0 Å². The maximum absolute atomic E-state index is 11.9. The fraction of sp³-hybridized carbons (Fsp3) is 0.611. The van der Waals surface area contributed by atoms with Crippen molar-refractivity contribution in [1.29, 1.82) is 0 Å². The van der Waals surface area contributed by atoms with Gasteiger partial charge in [0.2, 0.25) is 0 Å². The predicted molar refractivity (Wildman–Crippen MR) is 98.5 cm³/mol. The van der Waals surface area contributed by atoms with Gasteiger partial charge in [0.15, 0.2) is 0 Å². The number of benzene rings is 1. The Morgan fingerprint density at radius 3 is 2.35 bits per heavy atom. The minimum atomic E-state index is -0.485. The lowest BCUT2D eigenvalue weighted by molar-refractivity contribution is 0.0503. The molecule has 0 bridgehead atoms. The number of halogens is 1. The molecule has 1 rings (SSSR count). The lowest BCUT2D eigenvalue weighted by Gasteiger charge is -2.35. The molecule has 0 aliphatic rings. The van der Waals surface area contributed by atoms with Gasteiger partial charge in [-0.15, -0.1) is 0 Å². The average Bonchev–Trinajstić information content (AvgIpc) is 2.42. The van der Waals surface area contributed by atoms with Crippen molar-refractivity contribution in [3.8, 4) is 0 Å². The molecule has 0 fully saturated rings. The largest absolute Gasteiger partial charge is 0.444 e. The highest BCUT2D eigenvalue weighted by Gasteiger charge is 2.29. The minimum Gasteiger partial charge on any atom is -0.444 e. The first-order chi connectivity index (χ1) is 10.5. The highest BCUT2D eigenvalue weighted by Crippen LogP contribution is 2.20. The zero-order chi connectivity index (χ0) is 17.7. The summed E-state index contributed by atoms with van der Waals surface area (Å²) in [6.07, 6.45) is -0.382. The van der Waals surface area contributed by atoms with Crippen LogP contribution in [0.15, 0.2) is 28.7 Å². The molecule has 130 valence electrons. The molecule has 0 radical (unpaired) electrons. The van der Waals surface area contributed by atoms with Gasteiger partial charge in [0.1, 0.15) is 5.60 Å². The summed E-state index contributed by atoms with van der Waals surface area (Å²) in [6.45, 7) is 13.2. The van der Waals surface area contributed by atoms with E-state index < -0.39 is 5.60 Å². The third kappa shape index (κ3) is 6.92. The van der Waals surface area contributed by atoms with Crippen LogP contribution in [-0.2, 0) is 11.3 Å². The molecule has 0 spiro atoms. The third-order valence-electron chi connectivity index (χ3n) is 3.91. The summed E-state index contributed by atoms with van der Waals surface area (Å²) >= 11 is 3.57. The molecule has 0 aromatic heterocycles. The quantitative estimate of drug-likeness (QED) is 0.759. The maximum atomic E-state index is 11.9. The fourth-order valence-corrected chi connectivity index (χ4v) is 2.40. The van der Waals surface area contributed by atoms with Crippen LogP contribution in [0.25, 0.3) is 0 Å². The van der Waals surface area contributed by atoms with Gasteiger partial charge in [0.05, 0.1) is 0 Å². The van der Waals surface area contributed by atoms with Crippen molar-refractivity contribution in [1.82, 2.24) is 10.6 Å². The summed E-state index contributed by atoms with van der Waals surface area (Å²) in [5, 5.41) is 6.45. The Bertz CT molecular complexity index is 526. The summed E-state index contributed by atoms with van der Waals surface area (Å²) in [7, 11) is 0. The molecule has 1 unspecified atom stereocenters. The first-order valence-electron chi connectivity index (χ1n) is 7.99. The van der Waals surface area contributed by atoms with Crippen molar-refractivity contribution in [3.63, 3.8) is 0 Å². The van der Waals surface area contributed by atoms with Crippen LogP contribution in [0.3, 0.4) is 0 Å². The Morgan fingerprint density at radius 1 is 1.22 bits per heavy atom. The number of alkyl carbamates (subject to hydrolysis) is 1. The number of carbonyl (C=O) groups is 1. The van der Waals surface area contributed by atoms with Gasteiger partial charge in [0, 0.05) is 23.1 Å². The number of hydrogen-bond acceptors (Lipinski definition) is 3. The molecule has 1 atom stereocenters. The number of amides is 1. The Balaban J connectivity index is 2.65. The van der Waals surface area contributed by atoms with E-state index in [2.05, 4.69) is 53.4 Å². The number of hydrogen-bond donors (Lipinski definition) is 2. The Hall–Kier alpha value is -1.07. The zero-order valence-electron chi connectivity index (χ0n) is 15.0. The third-order valence-corrected chi connectivity index (χ3v) is 4.69. The van der Waals surface area contributed by atoms with Crippen molar-refractivity contribution >= 4 is 22.0 Å². The molecular formula is C18H29BrN2O2. The molecule has 5 heteroatoms. The summed E-state index contributed by atoms with van der Waals surface area (Å²) < 4.78 is 6.39. The van der Waals surface area contributed by atoms with E-state index in [1.165, 1.54) is 5.56 Å². The number of rotatable bonds is 6. The first-order valence-corrected chi connectivity index (χ1v) is 8.78. The van der Waals surface area contributed by atoms with Crippen LogP contribution in [0, 0.1) is 5.92 Å². The molecular weight excluding hydrogens is 356 g/mol. The van der Waals surface area contributed by atoms with Gasteiger partial charge in [-0.2, -0.15) is 0 Å². The number of ether oxygens (including phenoxy) is 1. The predicted octanol–water partition coefficient (Wildman–Crippen LogP) is 4.48. The smallest absolute Gasteiger partial charge is 0.407 e. The van der Waals surface area contributed by atoms with E-state index in [9.17, 15) is 4.79 Å². The summed E-state index contributed by atoms with van der Waals surface area (Å²) in [5.74, 6) is 0.347. The highest BCUT2D eigenvalue weighted by atomic mass is 79.9. The second kappa shape index (κ2) is 8.15. The van der Waals surface area contributed by atoms with E-state index in [0.29, 0.717) is 12.5 Å². The van der Waals surface area contributed by atoms with E-state index >= 15 is 0 Å². The first kappa shape index (κ1) is 20.0. The molecule has 0 heterocycles. The van der Waals surface area contributed by atoms with E-state index in [1.54, 1.807) is 0 Å². The van der Waals surface area contributed by atoms with Crippen LogP contribution < -0.4 is 10.6 Å². The monoisotopic (exact) mass is 384 g/mol. The molecule has 1 aromatic rings. The normalized spacial score (nSPS) is 14.4. The van der Waals surface area contributed by atoms with Crippen LogP contribution in [0.1, 0.15) is 47.1 Å². The van der Waals surface area contributed by atoms with Gasteiger partial charge in [-0.05, 0) is 45.2 Å². The lowest BCUT2D eigenvalue weighted by Crippen LogP contribution is -2.55. The van der Waals surface area contributed by atoms with Crippen molar-refractivity contribution < 1.29 is 9.53 Å². The van der Waals surface area contributed by atoms with Crippen molar-refractivity contribution in [2.24, 2.45) is 5.92 Å². The van der Waals surface area contributed by atoms with Gasteiger partial charge in [-0.3, -0.25) is 0 Å². The van der Waals surface area contributed by atoms with Gasteiger partial charge in [-0.25, -0.2) is 4.79 Å². The molecule has 0 aliphatic heterocycles.